The first kappa shape index (κ1) is 20.6. The Bertz CT molecular complexity index is 1370. The number of rotatable bonds is 2. The summed E-state index contributed by atoms with van der Waals surface area (Å²) in [7, 11) is 0. The lowest BCUT2D eigenvalue weighted by atomic mass is 9.81. The number of benzene rings is 4. The Hall–Kier alpha value is -4.04. The van der Waals surface area contributed by atoms with Crippen LogP contribution < -0.4 is 0 Å². The van der Waals surface area contributed by atoms with Gasteiger partial charge in [0.1, 0.15) is 0 Å². The van der Waals surface area contributed by atoms with Gasteiger partial charge >= 0.3 is 0 Å². The molecule has 0 N–H and O–H groups in total. The minimum Gasteiger partial charge on any atom is -0.289 e. The standard InChI is InChI=1S/C32H24O2/c1-19-11-15-21(16-12-19)27-23-7-3-5-9-25(23)31(33)29(27)30-28(22-17-13-20(2)14-18-22)24-8-4-6-10-26(24)32(30)34/h3-18,27-28H,1-2H3/b30-29-/t27-,28-/m1/s1. The maximum Gasteiger partial charge on any atom is 0.190 e. The number of carbonyl (C=O) groups is 2. The maximum atomic E-state index is 14.0. The monoisotopic (exact) mass is 440 g/mol. The van der Waals surface area contributed by atoms with E-state index in [0.29, 0.717) is 22.3 Å². The largest absolute Gasteiger partial charge is 0.289 e. The normalized spacial score (nSPS) is 21.0. The highest BCUT2D eigenvalue weighted by Gasteiger charge is 2.45. The van der Waals surface area contributed by atoms with Crippen LogP contribution in [0.4, 0.5) is 0 Å². The lowest BCUT2D eigenvalue weighted by molar-refractivity contribution is 0.100. The molecule has 0 aliphatic heterocycles. The Balaban J connectivity index is 1.66. The van der Waals surface area contributed by atoms with Crippen molar-refractivity contribution in [2.45, 2.75) is 25.7 Å². The highest BCUT2D eigenvalue weighted by atomic mass is 16.1. The van der Waals surface area contributed by atoms with Crippen LogP contribution in [0.2, 0.25) is 0 Å². The maximum absolute atomic E-state index is 14.0. The summed E-state index contributed by atoms with van der Waals surface area (Å²) in [5.74, 6) is -0.583. The second kappa shape index (κ2) is 7.78. The third kappa shape index (κ3) is 3.03. The Labute approximate surface area is 199 Å². The van der Waals surface area contributed by atoms with Gasteiger partial charge in [-0.05, 0) is 36.1 Å². The minimum atomic E-state index is -0.259. The first-order valence-corrected chi connectivity index (χ1v) is 11.7. The molecule has 0 unspecified atom stereocenters. The molecule has 0 saturated heterocycles. The van der Waals surface area contributed by atoms with E-state index in [1.165, 1.54) is 0 Å². The molecule has 0 spiro atoms. The van der Waals surface area contributed by atoms with Gasteiger partial charge in [-0.1, -0.05) is 108 Å². The van der Waals surface area contributed by atoms with Crippen molar-refractivity contribution in [1.82, 2.24) is 0 Å². The molecule has 164 valence electrons. The van der Waals surface area contributed by atoms with Crippen molar-refractivity contribution in [1.29, 1.82) is 0 Å². The van der Waals surface area contributed by atoms with Gasteiger partial charge in [-0.3, -0.25) is 9.59 Å². The molecule has 0 bridgehead atoms. The van der Waals surface area contributed by atoms with Crippen LogP contribution in [0.5, 0.6) is 0 Å². The van der Waals surface area contributed by atoms with Crippen LogP contribution in [0, 0.1) is 13.8 Å². The molecule has 0 aromatic heterocycles. The fourth-order valence-electron chi connectivity index (χ4n) is 5.54. The minimum absolute atomic E-state index is 0.0329. The van der Waals surface area contributed by atoms with E-state index in [9.17, 15) is 9.59 Å². The Morgan fingerprint density at radius 2 is 0.824 bits per heavy atom. The molecule has 2 heteroatoms. The molecular weight excluding hydrogens is 416 g/mol. The number of hydrogen-bond donors (Lipinski definition) is 0. The van der Waals surface area contributed by atoms with Gasteiger partial charge in [0.2, 0.25) is 0 Å². The van der Waals surface area contributed by atoms with Gasteiger partial charge in [-0.15, -0.1) is 0 Å². The fourth-order valence-corrected chi connectivity index (χ4v) is 5.54. The van der Waals surface area contributed by atoms with E-state index in [0.717, 1.165) is 33.4 Å². The number of allylic oxidation sites excluding steroid dienone is 2. The van der Waals surface area contributed by atoms with Gasteiger partial charge in [-0.2, -0.15) is 0 Å². The second-order valence-corrected chi connectivity index (χ2v) is 9.35. The predicted molar refractivity (Wildman–Crippen MR) is 135 cm³/mol. The summed E-state index contributed by atoms with van der Waals surface area (Å²) in [5.41, 5.74) is 9.00. The summed E-state index contributed by atoms with van der Waals surface area (Å²) in [5, 5.41) is 0. The van der Waals surface area contributed by atoms with Crippen molar-refractivity contribution in [3.8, 4) is 0 Å². The van der Waals surface area contributed by atoms with Crippen LogP contribution in [0.3, 0.4) is 0 Å². The van der Waals surface area contributed by atoms with Crippen LogP contribution in [-0.4, -0.2) is 11.6 Å². The number of aryl methyl sites for hydroxylation is 2. The van der Waals surface area contributed by atoms with Crippen molar-refractivity contribution in [2.24, 2.45) is 0 Å². The van der Waals surface area contributed by atoms with Crippen LogP contribution in [0.1, 0.15) is 65.9 Å². The highest BCUT2D eigenvalue weighted by Crippen LogP contribution is 2.51. The van der Waals surface area contributed by atoms with E-state index in [-0.39, 0.29) is 23.4 Å². The van der Waals surface area contributed by atoms with E-state index in [2.05, 4.69) is 62.4 Å². The molecule has 0 radical (unpaired) electrons. The van der Waals surface area contributed by atoms with Crippen molar-refractivity contribution >= 4 is 11.6 Å². The summed E-state index contributed by atoms with van der Waals surface area (Å²) < 4.78 is 0. The average Bonchev–Trinajstić information content (AvgIpc) is 3.31. The van der Waals surface area contributed by atoms with Gasteiger partial charge in [-0.25, -0.2) is 0 Å². The lowest BCUT2D eigenvalue weighted by Crippen LogP contribution is -2.13. The van der Waals surface area contributed by atoms with Gasteiger partial charge in [0.25, 0.3) is 0 Å². The Morgan fingerprint density at radius 3 is 1.21 bits per heavy atom. The third-order valence-electron chi connectivity index (χ3n) is 7.21. The SMILES string of the molecule is Cc1ccc([C@H]2/C(=C3/C(=O)c4ccccc4[C@H]3c3ccc(C)cc3)C(=O)c3ccccc32)cc1. The zero-order chi connectivity index (χ0) is 23.4. The molecule has 4 aromatic carbocycles. The molecule has 4 aromatic rings. The van der Waals surface area contributed by atoms with Gasteiger partial charge in [0.05, 0.1) is 0 Å². The van der Waals surface area contributed by atoms with Gasteiger partial charge in [0, 0.05) is 34.1 Å². The molecule has 0 saturated carbocycles. The molecule has 2 nitrogen and oxygen atoms in total. The van der Waals surface area contributed by atoms with Crippen molar-refractivity contribution in [3.05, 3.63) is 153 Å². The number of fused-ring (bicyclic) bond motifs is 2. The van der Waals surface area contributed by atoms with Crippen molar-refractivity contribution in [3.63, 3.8) is 0 Å². The Morgan fingerprint density at radius 1 is 0.471 bits per heavy atom. The summed E-state index contributed by atoms with van der Waals surface area (Å²) >= 11 is 0. The molecule has 34 heavy (non-hydrogen) atoms. The number of ketones is 2. The molecule has 2 aliphatic carbocycles. The summed E-state index contributed by atoms with van der Waals surface area (Å²) in [4.78, 5) is 27.9. The van der Waals surface area contributed by atoms with E-state index in [1.807, 2.05) is 48.5 Å². The number of hydrogen-bond acceptors (Lipinski definition) is 2. The molecule has 2 aliphatic rings. The number of Topliss-reactive ketones (excluding diaryl/α,β-unsaturated/α-hetero) is 2. The highest BCUT2D eigenvalue weighted by molar-refractivity contribution is 6.24. The first-order chi connectivity index (χ1) is 16.5. The van der Waals surface area contributed by atoms with E-state index < -0.39 is 0 Å². The lowest BCUT2D eigenvalue weighted by Gasteiger charge is -2.20. The van der Waals surface area contributed by atoms with Crippen molar-refractivity contribution in [2.75, 3.05) is 0 Å². The zero-order valence-corrected chi connectivity index (χ0v) is 19.2. The van der Waals surface area contributed by atoms with E-state index in [4.69, 9.17) is 0 Å². The first-order valence-electron chi connectivity index (χ1n) is 11.7. The van der Waals surface area contributed by atoms with Gasteiger partial charge in [0.15, 0.2) is 11.6 Å². The number of carbonyl (C=O) groups excluding carboxylic acids is 2. The molecule has 0 fully saturated rings. The molecule has 0 heterocycles. The predicted octanol–water partition coefficient (Wildman–Crippen LogP) is 6.96. The topological polar surface area (TPSA) is 34.1 Å². The fraction of sp³-hybridized carbons (Fsp3) is 0.125. The van der Waals surface area contributed by atoms with E-state index in [1.54, 1.807) is 0 Å². The van der Waals surface area contributed by atoms with Crippen LogP contribution >= 0.6 is 0 Å². The van der Waals surface area contributed by atoms with Crippen LogP contribution in [0.15, 0.2) is 108 Å². The Kier molecular flexibility index (Phi) is 4.70. The summed E-state index contributed by atoms with van der Waals surface area (Å²) in [6, 6.07) is 32.2. The second-order valence-electron chi connectivity index (χ2n) is 9.35. The zero-order valence-electron chi connectivity index (χ0n) is 19.2. The van der Waals surface area contributed by atoms with Crippen LogP contribution in [0.25, 0.3) is 0 Å². The van der Waals surface area contributed by atoms with Gasteiger partial charge < -0.3 is 0 Å². The molecule has 0 amide bonds. The summed E-state index contributed by atoms with van der Waals surface area (Å²) in [6.07, 6.45) is 0. The molecular formula is C32H24O2. The average molecular weight is 441 g/mol. The smallest absolute Gasteiger partial charge is 0.190 e. The quantitative estimate of drug-likeness (QED) is 0.316. The third-order valence-corrected chi connectivity index (χ3v) is 7.21. The summed E-state index contributed by atoms with van der Waals surface area (Å²) in [6.45, 7) is 4.11. The van der Waals surface area contributed by atoms with Crippen LogP contribution in [-0.2, 0) is 0 Å². The van der Waals surface area contributed by atoms with E-state index >= 15 is 0 Å². The van der Waals surface area contributed by atoms with Crippen molar-refractivity contribution < 1.29 is 9.59 Å². The molecule has 6 rings (SSSR count). The molecule has 2 atom stereocenters.